The monoisotopic (exact) mass is 447 g/mol. The molecule has 0 spiro atoms. The maximum atomic E-state index is 13.6. The SMILES string of the molecule is COc1ccc(CN2C(=O)c3cc4cc(Cl)c(N)nc4cc3C[C@@H]2c2ncccn2)nn1. The largest absolute Gasteiger partial charge is 0.480 e. The third-order valence-corrected chi connectivity index (χ3v) is 5.72. The number of nitrogens with zero attached hydrogens (tertiary/aromatic N) is 6. The molecular weight excluding hydrogens is 430 g/mol. The second-order valence-corrected chi connectivity index (χ2v) is 7.79. The van der Waals surface area contributed by atoms with E-state index in [4.69, 9.17) is 22.1 Å². The Bertz CT molecular complexity index is 1320. The summed E-state index contributed by atoms with van der Waals surface area (Å²) in [6.07, 6.45) is 3.85. The number of fused-ring (bicyclic) bond motifs is 2. The highest BCUT2D eigenvalue weighted by Crippen LogP contribution is 2.35. The lowest BCUT2D eigenvalue weighted by atomic mass is 9.91. The van der Waals surface area contributed by atoms with E-state index in [2.05, 4.69) is 25.1 Å². The number of halogens is 1. The molecule has 9 nitrogen and oxygen atoms in total. The van der Waals surface area contributed by atoms with Crippen LogP contribution in [0.5, 0.6) is 5.88 Å². The first-order chi connectivity index (χ1) is 15.5. The van der Waals surface area contributed by atoms with Gasteiger partial charge < -0.3 is 15.4 Å². The average molecular weight is 448 g/mol. The minimum Gasteiger partial charge on any atom is -0.480 e. The molecule has 0 fully saturated rings. The summed E-state index contributed by atoms with van der Waals surface area (Å²) in [4.78, 5) is 28.5. The molecule has 160 valence electrons. The van der Waals surface area contributed by atoms with E-state index >= 15 is 0 Å². The van der Waals surface area contributed by atoms with Gasteiger partial charge in [0.2, 0.25) is 5.88 Å². The van der Waals surface area contributed by atoms with Crippen molar-refractivity contribution in [2.45, 2.75) is 19.0 Å². The molecule has 1 aliphatic rings. The average Bonchev–Trinajstić information content (AvgIpc) is 2.82. The first-order valence-corrected chi connectivity index (χ1v) is 10.2. The Morgan fingerprint density at radius 2 is 2.00 bits per heavy atom. The highest BCUT2D eigenvalue weighted by Gasteiger charge is 2.35. The van der Waals surface area contributed by atoms with Crippen LogP contribution in [-0.4, -0.2) is 43.1 Å². The van der Waals surface area contributed by atoms with Gasteiger partial charge in [0, 0.05) is 35.8 Å². The fourth-order valence-corrected chi connectivity index (χ4v) is 4.01. The fraction of sp³-hybridized carbons (Fsp3) is 0.182. The normalized spacial score (nSPS) is 15.6. The number of hydrogen-bond donors (Lipinski definition) is 1. The van der Waals surface area contributed by atoms with Crippen molar-refractivity contribution in [1.82, 2.24) is 30.0 Å². The van der Waals surface area contributed by atoms with Crippen LogP contribution in [0.15, 0.2) is 48.8 Å². The van der Waals surface area contributed by atoms with E-state index in [-0.39, 0.29) is 24.3 Å². The van der Waals surface area contributed by atoms with Gasteiger partial charge in [-0.1, -0.05) is 11.6 Å². The summed E-state index contributed by atoms with van der Waals surface area (Å²) >= 11 is 6.15. The smallest absolute Gasteiger partial charge is 0.255 e. The highest BCUT2D eigenvalue weighted by molar-refractivity contribution is 6.33. The van der Waals surface area contributed by atoms with Gasteiger partial charge in [-0.15, -0.1) is 5.10 Å². The van der Waals surface area contributed by atoms with Crippen molar-refractivity contribution >= 4 is 34.2 Å². The van der Waals surface area contributed by atoms with Crippen molar-refractivity contribution in [3.63, 3.8) is 0 Å². The van der Waals surface area contributed by atoms with E-state index in [9.17, 15) is 4.79 Å². The number of amides is 1. The summed E-state index contributed by atoms with van der Waals surface area (Å²) in [6.45, 7) is 0.247. The van der Waals surface area contributed by atoms with Crippen molar-refractivity contribution in [3.05, 3.63) is 76.5 Å². The van der Waals surface area contributed by atoms with Crippen LogP contribution in [0.4, 0.5) is 5.82 Å². The zero-order valence-electron chi connectivity index (χ0n) is 17.1. The Labute approximate surface area is 188 Å². The Morgan fingerprint density at radius 3 is 2.72 bits per heavy atom. The van der Waals surface area contributed by atoms with Crippen LogP contribution in [0.2, 0.25) is 5.02 Å². The number of nitrogens with two attached hydrogens (primary N) is 1. The number of pyridine rings is 1. The van der Waals surface area contributed by atoms with Gasteiger partial charge in [-0.2, -0.15) is 5.10 Å². The van der Waals surface area contributed by atoms with Crippen LogP contribution >= 0.6 is 11.6 Å². The Balaban J connectivity index is 1.60. The van der Waals surface area contributed by atoms with Crippen LogP contribution in [0, 0.1) is 0 Å². The van der Waals surface area contributed by atoms with Gasteiger partial charge in [0.15, 0.2) is 5.82 Å². The number of nitrogen functional groups attached to an aromatic ring is 1. The topological polar surface area (TPSA) is 120 Å². The molecule has 0 bridgehead atoms. The number of rotatable bonds is 4. The zero-order valence-corrected chi connectivity index (χ0v) is 17.8. The van der Waals surface area contributed by atoms with Gasteiger partial charge in [0.25, 0.3) is 5.91 Å². The van der Waals surface area contributed by atoms with Crippen LogP contribution in [0.1, 0.15) is 33.5 Å². The number of ether oxygens (including phenoxy) is 1. The lowest BCUT2D eigenvalue weighted by Gasteiger charge is -2.35. The van der Waals surface area contributed by atoms with Crippen molar-refractivity contribution in [1.29, 1.82) is 0 Å². The number of methoxy groups -OCH3 is 1. The summed E-state index contributed by atoms with van der Waals surface area (Å²) in [5.74, 6) is 1.05. The van der Waals surface area contributed by atoms with Crippen molar-refractivity contribution in [2.75, 3.05) is 12.8 Å². The molecule has 1 amide bonds. The quantitative estimate of drug-likeness (QED) is 0.507. The molecule has 10 heteroatoms. The Hall–Kier alpha value is -3.85. The molecule has 0 aliphatic carbocycles. The summed E-state index contributed by atoms with van der Waals surface area (Å²) in [5.41, 5.74) is 8.61. The Kier molecular flexibility index (Phi) is 5.02. The van der Waals surface area contributed by atoms with E-state index < -0.39 is 0 Å². The zero-order chi connectivity index (χ0) is 22.2. The van der Waals surface area contributed by atoms with E-state index in [0.717, 1.165) is 10.9 Å². The molecule has 2 N–H and O–H groups in total. The summed E-state index contributed by atoms with van der Waals surface area (Å²) < 4.78 is 5.08. The summed E-state index contributed by atoms with van der Waals surface area (Å²) in [7, 11) is 1.52. The van der Waals surface area contributed by atoms with Gasteiger partial charge in [0.05, 0.1) is 35.9 Å². The van der Waals surface area contributed by atoms with Gasteiger partial charge in [-0.05, 0) is 35.9 Å². The number of carbonyl (C=O) groups excluding carboxylic acids is 1. The van der Waals surface area contributed by atoms with E-state index in [0.29, 0.717) is 39.9 Å². The number of hydrogen-bond acceptors (Lipinski definition) is 8. The lowest BCUT2D eigenvalue weighted by Crippen LogP contribution is -2.40. The molecule has 0 saturated carbocycles. The third kappa shape index (κ3) is 3.56. The van der Waals surface area contributed by atoms with Crippen molar-refractivity contribution < 1.29 is 9.53 Å². The van der Waals surface area contributed by atoms with E-state index in [1.165, 1.54) is 7.11 Å². The number of benzene rings is 1. The Morgan fingerprint density at radius 1 is 1.19 bits per heavy atom. The molecular formula is C22H18ClN7O2. The van der Waals surface area contributed by atoms with E-state index in [1.54, 1.807) is 47.6 Å². The second kappa shape index (κ2) is 8.01. The molecule has 0 radical (unpaired) electrons. The molecule has 32 heavy (non-hydrogen) atoms. The molecule has 4 aromatic rings. The molecule has 1 atom stereocenters. The highest BCUT2D eigenvalue weighted by atomic mass is 35.5. The summed E-state index contributed by atoms with van der Waals surface area (Å²) in [5, 5.41) is 9.29. The first-order valence-electron chi connectivity index (χ1n) is 9.86. The van der Waals surface area contributed by atoms with Crippen LogP contribution < -0.4 is 10.5 Å². The maximum Gasteiger partial charge on any atom is 0.255 e. The number of carbonyl (C=O) groups is 1. The number of aromatic nitrogens is 5. The molecule has 0 saturated heterocycles. The van der Waals surface area contributed by atoms with Crippen LogP contribution in [-0.2, 0) is 13.0 Å². The molecule has 1 aliphatic heterocycles. The van der Waals surface area contributed by atoms with Crippen molar-refractivity contribution in [2.24, 2.45) is 0 Å². The minimum atomic E-state index is -0.373. The van der Waals surface area contributed by atoms with Gasteiger partial charge in [-0.25, -0.2) is 15.0 Å². The predicted molar refractivity (Wildman–Crippen MR) is 118 cm³/mol. The fourth-order valence-electron chi connectivity index (χ4n) is 3.85. The number of anilines is 1. The van der Waals surface area contributed by atoms with Gasteiger partial charge in [-0.3, -0.25) is 4.79 Å². The van der Waals surface area contributed by atoms with E-state index in [1.807, 2.05) is 6.07 Å². The molecule has 1 aromatic carbocycles. The first kappa shape index (κ1) is 20.1. The molecule has 0 unspecified atom stereocenters. The minimum absolute atomic E-state index is 0.156. The van der Waals surface area contributed by atoms with Gasteiger partial charge in [0.1, 0.15) is 5.82 Å². The molecule has 5 rings (SSSR count). The van der Waals surface area contributed by atoms with Crippen molar-refractivity contribution in [3.8, 4) is 5.88 Å². The predicted octanol–water partition coefficient (Wildman–Crippen LogP) is 3.00. The van der Waals surface area contributed by atoms with Gasteiger partial charge >= 0.3 is 0 Å². The maximum absolute atomic E-state index is 13.6. The lowest BCUT2D eigenvalue weighted by molar-refractivity contribution is 0.0615. The summed E-state index contributed by atoms with van der Waals surface area (Å²) in [6, 6.07) is 10.3. The molecule has 3 aromatic heterocycles. The van der Waals surface area contributed by atoms with Crippen LogP contribution in [0.25, 0.3) is 10.9 Å². The standard InChI is InChI=1S/C22H18ClN7O2/c1-32-19-4-3-14(28-29-19)11-30-18(21-25-5-2-6-26-21)10-12-9-17-13(7-15(12)22(30)31)8-16(23)20(24)27-17/h2-9,18H,10-11H2,1H3,(H2,24,27)/t18-/m1/s1. The van der Waals surface area contributed by atoms with Crippen LogP contribution in [0.3, 0.4) is 0 Å². The second-order valence-electron chi connectivity index (χ2n) is 7.38. The third-order valence-electron chi connectivity index (χ3n) is 5.42. The molecule has 4 heterocycles.